The predicted molar refractivity (Wildman–Crippen MR) is 150 cm³/mol. The number of anilines is 1. The minimum atomic E-state index is -6.12. The highest BCUT2D eigenvalue weighted by atomic mass is 32.2. The number of fused-ring (bicyclic) bond motifs is 1. The first-order chi connectivity index (χ1) is 20.9. The fraction of sp³-hybridized carbons (Fsp3) is 0.517. The number of nitrogens with zero attached hydrogens (tertiary/aromatic N) is 1. The molecule has 0 spiro atoms. The summed E-state index contributed by atoms with van der Waals surface area (Å²) in [4.78, 5) is 24.9. The maximum absolute atomic E-state index is 14.0. The molecular formula is C29H33F6N3O6S. The summed E-state index contributed by atoms with van der Waals surface area (Å²) in [6.07, 6.45) is -11.8. The Bertz CT molecular complexity index is 1500. The fourth-order valence-corrected chi connectivity index (χ4v) is 7.51. The van der Waals surface area contributed by atoms with Gasteiger partial charge in [-0.25, -0.2) is 13.2 Å². The second-order valence-corrected chi connectivity index (χ2v) is 13.0. The number of hydrogen-bond acceptors (Lipinski definition) is 6. The number of halogens is 6. The van der Waals surface area contributed by atoms with Gasteiger partial charge in [0.15, 0.2) is 0 Å². The Hall–Kier alpha value is -3.53. The molecule has 0 bridgehead atoms. The molecule has 45 heavy (non-hydrogen) atoms. The molecule has 1 heterocycles. The minimum absolute atomic E-state index is 0.124. The molecule has 0 aromatic heterocycles. The van der Waals surface area contributed by atoms with Crippen LogP contribution in [-0.4, -0.2) is 62.6 Å². The van der Waals surface area contributed by atoms with Crippen molar-refractivity contribution in [1.29, 1.82) is 0 Å². The summed E-state index contributed by atoms with van der Waals surface area (Å²) < 4.78 is 115. The van der Waals surface area contributed by atoms with Gasteiger partial charge in [-0.05, 0) is 69.7 Å². The van der Waals surface area contributed by atoms with Gasteiger partial charge in [-0.1, -0.05) is 29.8 Å². The normalized spacial score (nSPS) is 20.8. The third kappa shape index (κ3) is 6.86. The van der Waals surface area contributed by atoms with Crippen molar-refractivity contribution in [2.75, 3.05) is 10.9 Å². The van der Waals surface area contributed by atoms with Gasteiger partial charge in [-0.3, -0.25) is 9.10 Å². The number of ether oxygens (including phenoxy) is 1. The lowest BCUT2D eigenvalue weighted by atomic mass is 9.87. The summed E-state index contributed by atoms with van der Waals surface area (Å²) in [5.41, 5.74) is -6.36. The van der Waals surface area contributed by atoms with E-state index in [0.717, 1.165) is 15.9 Å². The Kier molecular flexibility index (Phi) is 9.69. The number of aryl methyl sites for hydroxylation is 2. The van der Waals surface area contributed by atoms with Gasteiger partial charge in [0.2, 0.25) is 5.91 Å². The van der Waals surface area contributed by atoms with Crippen molar-refractivity contribution in [2.45, 2.75) is 93.3 Å². The van der Waals surface area contributed by atoms with Crippen LogP contribution in [0.1, 0.15) is 55.7 Å². The van der Waals surface area contributed by atoms with E-state index in [1.54, 1.807) is 13.8 Å². The third-order valence-electron chi connectivity index (χ3n) is 8.07. The molecule has 248 valence electrons. The average Bonchev–Trinajstić information content (AvgIpc) is 3.36. The van der Waals surface area contributed by atoms with E-state index in [0.29, 0.717) is 31.4 Å². The third-order valence-corrected chi connectivity index (χ3v) is 9.95. The van der Waals surface area contributed by atoms with Crippen molar-refractivity contribution >= 4 is 27.7 Å². The lowest BCUT2D eigenvalue weighted by Gasteiger charge is -2.39. The van der Waals surface area contributed by atoms with Crippen LogP contribution < -0.4 is 14.9 Å². The first kappa shape index (κ1) is 34.3. The van der Waals surface area contributed by atoms with Gasteiger partial charge in [-0.2, -0.15) is 26.3 Å². The van der Waals surface area contributed by atoms with E-state index in [1.807, 2.05) is 0 Å². The highest BCUT2D eigenvalue weighted by Crippen LogP contribution is 2.51. The largest absolute Gasteiger partial charge is 0.450 e. The van der Waals surface area contributed by atoms with Gasteiger partial charge in [0, 0.05) is 18.0 Å². The number of amides is 2. The Morgan fingerprint density at radius 1 is 0.956 bits per heavy atom. The summed E-state index contributed by atoms with van der Waals surface area (Å²) in [6.45, 7) is 3.51. The molecule has 3 N–H and O–H groups in total. The number of nitrogens with one attached hydrogen (secondary N) is 2. The number of hydrogen-bond donors (Lipinski definition) is 3. The Balaban J connectivity index is 1.69. The highest BCUT2D eigenvalue weighted by Gasteiger charge is 2.71. The molecule has 1 saturated carbocycles. The van der Waals surface area contributed by atoms with Crippen LogP contribution in [0.5, 0.6) is 0 Å². The van der Waals surface area contributed by atoms with Crippen LogP contribution in [0.4, 0.5) is 36.8 Å². The minimum Gasteiger partial charge on any atom is -0.450 e. The molecule has 1 fully saturated rings. The molecule has 2 aliphatic rings. The molecule has 0 radical (unpaired) electrons. The second-order valence-electron chi connectivity index (χ2n) is 11.1. The predicted octanol–water partition coefficient (Wildman–Crippen LogP) is 4.99. The van der Waals surface area contributed by atoms with E-state index in [-0.39, 0.29) is 42.0 Å². The second kappa shape index (κ2) is 12.7. The monoisotopic (exact) mass is 665 g/mol. The molecule has 2 amide bonds. The summed E-state index contributed by atoms with van der Waals surface area (Å²) in [5.74, 6) is -0.560. The van der Waals surface area contributed by atoms with Crippen molar-refractivity contribution < 1.29 is 54.2 Å². The maximum atomic E-state index is 14.0. The number of alkyl halides is 6. The summed E-state index contributed by atoms with van der Waals surface area (Å²) in [7, 11) is -4.48. The zero-order valence-corrected chi connectivity index (χ0v) is 25.2. The van der Waals surface area contributed by atoms with Crippen molar-refractivity contribution in [3.05, 3.63) is 59.2 Å². The van der Waals surface area contributed by atoms with Crippen molar-refractivity contribution in [2.24, 2.45) is 0 Å². The van der Waals surface area contributed by atoms with Crippen LogP contribution in [0, 0.1) is 6.92 Å². The molecule has 1 aliphatic carbocycles. The number of carbonyl (C=O) groups excluding carboxylic acids is 2. The molecule has 9 nitrogen and oxygen atoms in total. The highest BCUT2D eigenvalue weighted by molar-refractivity contribution is 7.92. The van der Waals surface area contributed by atoms with Gasteiger partial charge in [0.25, 0.3) is 15.6 Å². The molecule has 3 atom stereocenters. The van der Waals surface area contributed by atoms with E-state index >= 15 is 0 Å². The topological polar surface area (TPSA) is 125 Å². The average molecular weight is 666 g/mol. The van der Waals surface area contributed by atoms with E-state index in [4.69, 9.17) is 4.74 Å². The van der Waals surface area contributed by atoms with E-state index < -0.39 is 63.7 Å². The van der Waals surface area contributed by atoms with Gasteiger partial charge < -0.3 is 20.5 Å². The van der Waals surface area contributed by atoms with Crippen molar-refractivity contribution in [1.82, 2.24) is 10.6 Å². The maximum Gasteiger partial charge on any atom is 0.430 e. The lowest BCUT2D eigenvalue weighted by molar-refractivity contribution is -0.376. The number of benzene rings is 2. The number of alkyl carbamates (subject to hydrolysis) is 1. The van der Waals surface area contributed by atoms with E-state index in [2.05, 4.69) is 10.6 Å². The van der Waals surface area contributed by atoms with E-state index in [1.165, 1.54) is 24.3 Å². The standard InChI is InChI=1S/C29H33F6N3O6S/c1-3-44-26(40)37-23-6-4-5-22(23)36-25(39)16-20-11-9-18-15-19(27(41,28(30,31)32)29(33,34)35)10-14-24(18)38(20)45(42,43)21-12-7-17(2)8-13-21/h7-8,10,12-15,20,22-23,41H,3-6,9,11,16H2,1-2H3,(H,36,39)(H,37,40)/t20-,22+,23?/m0/s1. The molecule has 4 rings (SSSR count). The van der Waals surface area contributed by atoms with Crippen LogP contribution in [0.2, 0.25) is 0 Å². The number of rotatable bonds is 8. The smallest absolute Gasteiger partial charge is 0.430 e. The molecular weight excluding hydrogens is 632 g/mol. The fourth-order valence-electron chi connectivity index (χ4n) is 5.79. The van der Waals surface area contributed by atoms with Gasteiger partial charge in [0.1, 0.15) is 0 Å². The SMILES string of the molecule is CCOC(=O)NC1CCC[C@H]1NC(=O)C[C@@H]1CCc2cc(C(O)(C(F)(F)F)C(F)(F)F)ccc2N1S(=O)(=O)c1ccc(C)cc1. The molecule has 16 heteroatoms. The first-order valence-electron chi connectivity index (χ1n) is 14.2. The first-order valence-corrected chi connectivity index (χ1v) is 15.7. The summed E-state index contributed by atoms with van der Waals surface area (Å²) >= 11 is 0. The van der Waals surface area contributed by atoms with Crippen LogP contribution in [0.25, 0.3) is 0 Å². The zero-order chi connectivity index (χ0) is 33.4. The Morgan fingerprint density at radius 3 is 2.13 bits per heavy atom. The zero-order valence-electron chi connectivity index (χ0n) is 24.3. The van der Waals surface area contributed by atoms with Crippen LogP contribution in [0.3, 0.4) is 0 Å². The van der Waals surface area contributed by atoms with Crippen LogP contribution in [-0.2, 0) is 31.6 Å². The number of aliphatic hydroxyl groups is 1. The van der Waals surface area contributed by atoms with Crippen molar-refractivity contribution in [3.63, 3.8) is 0 Å². The van der Waals surface area contributed by atoms with Gasteiger partial charge >= 0.3 is 18.4 Å². The molecule has 2 aromatic rings. The lowest BCUT2D eigenvalue weighted by Crippen LogP contribution is -2.54. The van der Waals surface area contributed by atoms with Crippen LogP contribution in [0.15, 0.2) is 47.4 Å². The number of carbonyl (C=O) groups is 2. The molecule has 1 aliphatic heterocycles. The Morgan fingerprint density at radius 2 is 1.56 bits per heavy atom. The van der Waals surface area contributed by atoms with Gasteiger partial charge in [-0.15, -0.1) is 0 Å². The summed E-state index contributed by atoms with van der Waals surface area (Å²) in [5, 5.41) is 15.4. The van der Waals surface area contributed by atoms with Crippen molar-refractivity contribution in [3.8, 4) is 0 Å². The Labute approximate surface area is 256 Å². The quantitative estimate of drug-likeness (QED) is 0.342. The molecule has 1 unspecified atom stereocenters. The van der Waals surface area contributed by atoms with E-state index in [9.17, 15) is 49.5 Å². The number of sulfonamides is 1. The molecule has 2 aromatic carbocycles. The molecule has 0 saturated heterocycles. The van der Waals surface area contributed by atoms with Crippen LogP contribution >= 0.6 is 0 Å². The van der Waals surface area contributed by atoms with Gasteiger partial charge in [0.05, 0.1) is 29.3 Å². The summed E-state index contributed by atoms with van der Waals surface area (Å²) in [6, 6.07) is 5.39.